The Bertz CT molecular complexity index is 598. The molecule has 0 unspecified atom stereocenters. The highest BCUT2D eigenvalue weighted by atomic mass is 16.5. The summed E-state index contributed by atoms with van der Waals surface area (Å²) in [5, 5.41) is 0. The molecule has 4 rings (SSSR count). The largest absolute Gasteiger partial charge is 0.462 e. The monoisotopic (exact) mass is 360 g/mol. The van der Waals surface area contributed by atoms with Crippen LogP contribution in [0.3, 0.4) is 0 Å². The fourth-order valence-corrected chi connectivity index (χ4v) is 7.97. The van der Waals surface area contributed by atoms with Gasteiger partial charge in [0, 0.05) is 18.3 Å². The van der Waals surface area contributed by atoms with Gasteiger partial charge < -0.3 is 4.74 Å². The van der Waals surface area contributed by atoms with Gasteiger partial charge in [-0.05, 0) is 93.8 Å². The van der Waals surface area contributed by atoms with Crippen LogP contribution in [0.1, 0.15) is 85.5 Å². The number of ether oxygens (including phenoxy) is 1. The van der Waals surface area contributed by atoms with Gasteiger partial charge in [-0.1, -0.05) is 13.8 Å². The van der Waals surface area contributed by atoms with E-state index in [-0.39, 0.29) is 17.5 Å². The fraction of sp³-hybridized carbons (Fsp3) is 0.913. The second-order valence-electron chi connectivity index (χ2n) is 10.5. The Labute approximate surface area is 158 Å². The van der Waals surface area contributed by atoms with Crippen LogP contribution >= 0.6 is 0 Å². The van der Waals surface area contributed by atoms with Crippen LogP contribution in [0.5, 0.6) is 0 Å². The second-order valence-corrected chi connectivity index (χ2v) is 10.5. The van der Waals surface area contributed by atoms with Gasteiger partial charge in [-0.25, -0.2) is 0 Å². The standard InChI is InChI=1S/C23H36O3/c1-14(24)16-9-11-22(3)17(13-16)5-6-18-19-7-8-21(26-15(2)25)23(19,4)12-10-20(18)22/h16-21H,5-13H2,1-4H3/t16-,17+,18-,19+,20-,21-,22-,23+/m0/s1. The average molecular weight is 361 g/mol. The fourth-order valence-electron chi connectivity index (χ4n) is 7.97. The highest BCUT2D eigenvalue weighted by molar-refractivity contribution is 5.78. The number of carbonyl (C=O) groups excluding carboxylic acids is 2. The first-order valence-corrected chi connectivity index (χ1v) is 10.9. The van der Waals surface area contributed by atoms with Crippen LogP contribution < -0.4 is 0 Å². The predicted molar refractivity (Wildman–Crippen MR) is 101 cm³/mol. The summed E-state index contributed by atoms with van der Waals surface area (Å²) in [7, 11) is 0. The molecule has 0 spiro atoms. The minimum Gasteiger partial charge on any atom is -0.462 e. The second kappa shape index (κ2) is 6.34. The maximum atomic E-state index is 11.9. The SMILES string of the molecule is CC(=O)O[C@H]1CC[C@@H]2[C@@H]3CC[C@@H]4C[C@@H](C(C)=O)CC[C@]4(C)[C@H]3CC[C@@]12C. The third-order valence-corrected chi connectivity index (χ3v) is 9.46. The number of esters is 1. The predicted octanol–water partition coefficient (Wildman–Crippen LogP) is 5.17. The van der Waals surface area contributed by atoms with Gasteiger partial charge in [0.1, 0.15) is 11.9 Å². The maximum absolute atomic E-state index is 11.9. The Morgan fingerprint density at radius 3 is 2.23 bits per heavy atom. The summed E-state index contributed by atoms with van der Waals surface area (Å²) in [4.78, 5) is 23.5. The highest BCUT2D eigenvalue weighted by Crippen LogP contribution is 2.66. The number of carbonyl (C=O) groups is 2. The van der Waals surface area contributed by atoms with Gasteiger partial charge in [0.25, 0.3) is 0 Å². The summed E-state index contributed by atoms with van der Waals surface area (Å²) in [6, 6.07) is 0. The molecule has 8 atom stereocenters. The van der Waals surface area contributed by atoms with Gasteiger partial charge >= 0.3 is 5.97 Å². The molecule has 0 amide bonds. The van der Waals surface area contributed by atoms with Crippen LogP contribution in [0.15, 0.2) is 0 Å². The van der Waals surface area contributed by atoms with Crippen molar-refractivity contribution in [2.24, 2.45) is 40.4 Å². The van der Waals surface area contributed by atoms with E-state index in [0.717, 1.165) is 37.0 Å². The lowest BCUT2D eigenvalue weighted by Gasteiger charge is -2.60. The summed E-state index contributed by atoms with van der Waals surface area (Å²) < 4.78 is 5.76. The molecular weight excluding hydrogens is 324 g/mol. The molecule has 0 radical (unpaired) electrons. The van der Waals surface area contributed by atoms with E-state index in [2.05, 4.69) is 13.8 Å². The molecule has 0 saturated heterocycles. The van der Waals surface area contributed by atoms with Crippen molar-refractivity contribution in [3.8, 4) is 0 Å². The maximum Gasteiger partial charge on any atom is 0.302 e. The first kappa shape index (κ1) is 18.5. The quantitative estimate of drug-likeness (QED) is 0.638. The molecular formula is C23H36O3. The third-order valence-electron chi connectivity index (χ3n) is 9.46. The smallest absolute Gasteiger partial charge is 0.302 e. The molecule has 4 aliphatic carbocycles. The molecule has 0 aromatic rings. The molecule has 26 heavy (non-hydrogen) atoms. The molecule has 0 heterocycles. The molecule has 0 bridgehead atoms. The summed E-state index contributed by atoms with van der Waals surface area (Å²) >= 11 is 0. The zero-order chi connectivity index (χ0) is 18.7. The van der Waals surface area contributed by atoms with E-state index in [1.165, 1.54) is 38.5 Å². The Morgan fingerprint density at radius 1 is 0.846 bits per heavy atom. The van der Waals surface area contributed by atoms with E-state index >= 15 is 0 Å². The zero-order valence-electron chi connectivity index (χ0n) is 17.1. The summed E-state index contributed by atoms with van der Waals surface area (Å²) in [6.45, 7) is 8.29. The average Bonchev–Trinajstić information content (AvgIpc) is 2.90. The van der Waals surface area contributed by atoms with Crippen LogP contribution in [0.4, 0.5) is 0 Å². The van der Waals surface area contributed by atoms with Crippen molar-refractivity contribution in [3.63, 3.8) is 0 Å². The Kier molecular flexibility index (Phi) is 4.51. The lowest BCUT2D eigenvalue weighted by Crippen LogP contribution is -2.54. The number of ketones is 1. The minimum absolute atomic E-state index is 0.114. The minimum atomic E-state index is -0.114. The number of hydrogen-bond donors (Lipinski definition) is 0. The van der Waals surface area contributed by atoms with E-state index in [4.69, 9.17) is 4.74 Å². The molecule has 0 N–H and O–H groups in total. The molecule has 0 aliphatic heterocycles. The van der Waals surface area contributed by atoms with Crippen LogP contribution in [0.25, 0.3) is 0 Å². The molecule has 4 aliphatic rings. The molecule has 0 aromatic carbocycles. The van der Waals surface area contributed by atoms with Crippen LogP contribution in [0.2, 0.25) is 0 Å². The summed E-state index contributed by atoms with van der Waals surface area (Å²) in [5.41, 5.74) is 0.613. The summed E-state index contributed by atoms with van der Waals surface area (Å²) in [6.07, 6.45) is 11.0. The zero-order valence-corrected chi connectivity index (χ0v) is 17.1. The molecule has 3 heteroatoms. The number of rotatable bonds is 2. The van der Waals surface area contributed by atoms with Gasteiger partial charge in [0.15, 0.2) is 0 Å². The van der Waals surface area contributed by atoms with Crippen molar-refractivity contribution in [1.82, 2.24) is 0 Å². The lowest BCUT2D eigenvalue weighted by molar-refractivity contribution is -0.162. The number of fused-ring (bicyclic) bond motifs is 5. The molecule has 4 saturated carbocycles. The van der Waals surface area contributed by atoms with Gasteiger partial charge in [0.05, 0.1) is 0 Å². The first-order valence-electron chi connectivity index (χ1n) is 10.9. The first-order chi connectivity index (χ1) is 12.3. The van der Waals surface area contributed by atoms with Gasteiger partial charge in [-0.3, -0.25) is 9.59 Å². The van der Waals surface area contributed by atoms with E-state index in [1.807, 2.05) is 0 Å². The summed E-state index contributed by atoms with van der Waals surface area (Å²) in [5.74, 6) is 3.67. The molecule has 146 valence electrons. The Hall–Kier alpha value is -0.860. The van der Waals surface area contributed by atoms with Gasteiger partial charge in [-0.15, -0.1) is 0 Å². The van der Waals surface area contributed by atoms with Crippen LogP contribution in [0, 0.1) is 40.4 Å². The van der Waals surface area contributed by atoms with Gasteiger partial charge in [-0.2, -0.15) is 0 Å². The molecule has 4 fully saturated rings. The third kappa shape index (κ3) is 2.67. The van der Waals surface area contributed by atoms with E-state index in [9.17, 15) is 9.59 Å². The van der Waals surface area contributed by atoms with E-state index in [0.29, 0.717) is 23.0 Å². The van der Waals surface area contributed by atoms with Crippen molar-refractivity contribution in [2.75, 3.05) is 0 Å². The normalized spacial score (nSPS) is 50.3. The Balaban J connectivity index is 1.55. The Morgan fingerprint density at radius 2 is 1.54 bits per heavy atom. The van der Waals surface area contributed by atoms with E-state index in [1.54, 1.807) is 13.8 Å². The topological polar surface area (TPSA) is 43.4 Å². The number of hydrogen-bond acceptors (Lipinski definition) is 3. The van der Waals surface area contributed by atoms with Crippen molar-refractivity contribution in [1.29, 1.82) is 0 Å². The molecule has 3 nitrogen and oxygen atoms in total. The van der Waals surface area contributed by atoms with Crippen LogP contribution in [-0.2, 0) is 14.3 Å². The van der Waals surface area contributed by atoms with Gasteiger partial charge in [0.2, 0.25) is 0 Å². The van der Waals surface area contributed by atoms with Crippen molar-refractivity contribution >= 4 is 11.8 Å². The van der Waals surface area contributed by atoms with Crippen molar-refractivity contribution < 1.29 is 14.3 Å². The van der Waals surface area contributed by atoms with E-state index < -0.39 is 0 Å². The van der Waals surface area contributed by atoms with Crippen molar-refractivity contribution in [2.45, 2.75) is 91.6 Å². The van der Waals surface area contributed by atoms with Crippen LogP contribution in [-0.4, -0.2) is 17.9 Å². The number of Topliss-reactive ketones (excluding diaryl/α,β-unsaturated/α-hetero) is 1. The molecule has 0 aromatic heterocycles. The van der Waals surface area contributed by atoms with Crippen molar-refractivity contribution in [3.05, 3.63) is 0 Å². The highest BCUT2D eigenvalue weighted by Gasteiger charge is 2.61. The lowest BCUT2D eigenvalue weighted by atomic mass is 9.44.